The molecule has 1 aromatic heterocycles. The van der Waals surface area contributed by atoms with Crippen molar-refractivity contribution in [2.75, 3.05) is 4.31 Å². The Balaban J connectivity index is 1.68. The largest absolute Gasteiger partial charge is 0.478 e. The number of nitrogens with zero attached hydrogens (tertiary/aromatic N) is 2. The lowest BCUT2D eigenvalue weighted by Gasteiger charge is -2.27. The minimum absolute atomic E-state index is 0.0270. The monoisotopic (exact) mass is 610 g/mol. The van der Waals surface area contributed by atoms with Gasteiger partial charge in [-0.2, -0.15) is 13.2 Å². The predicted molar refractivity (Wildman–Crippen MR) is 142 cm³/mol. The van der Waals surface area contributed by atoms with Crippen LogP contribution in [0.1, 0.15) is 39.9 Å². The van der Waals surface area contributed by atoms with Crippen molar-refractivity contribution in [3.05, 3.63) is 100 Å². The number of sulfonamides is 1. The van der Waals surface area contributed by atoms with Crippen LogP contribution in [0.25, 0.3) is 10.8 Å². The topological polar surface area (TPSA) is 87.6 Å². The van der Waals surface area contributed by atoms with Crippen molar-refractivity contribution in [3.8, 4) is 0 Å². The van der Waals surface area contributed by atoms with Crippen LogP contribution in [0.2, 0.25) is 5.02 Å². The first-order chi connectivity index (χ1) is 19.2. The third kappa shape index (κ3) is 5.45. The summed E-state index contributed by atoms with van der Waals surface area (Å²) in [6, 6.07) is 12.7. The van der Waals surface area contributed by atoms with Crippen molar-refractivity contribution in [3.63, 3.8) is 0 Å². The molecule has 0 aliphatic heterocycles. The van der Waals surface area contributed by atoms with Gasteiger partial charge in [0.2, 0.25) is 0 Å². The van der Waals surface area contributed by atoms with Gasteiger partial charge in [-0.1, -0.05) is 48.0 Å². The fourth-order valence-corrected chi connectivity index (χ4v) is 6.30. The number of rotatable bonds is 8. The summed E-state index contributed by atoms with van der Waals surface area (Å²) in [5, 5.41) is 8.62. The molecule has 3 aromatic carbocycles. The number of hydrogen-bond acceptors (Lipinski definition) is 4. The van der Waals surface area contributed by atoms with Crippen LogP contribution in [0, 0.1) is 5.92 Å². The fraction of sp³-hybridized carbons (Fsp3) is 0.214. The molecule has 0 spiro atoms. The van der Waals surface area contributed by atoms with E-state index in [0.29, 0.717) is 17.1 Å². The molecule has 0 atom stereocenters. The minimum atomic E-state index is -5.04. The van der Waals surface area contributed by atoms with E-state index in [4.69, 9.17) is 11.6 Å². The van der Waals surface area contributed by atoms with E-state index in [1.165, 1.54) is 30.3 Å². The number of pyridine rings is 1. The van der Waals surface area contributed by atoms with E-state index in [2.05, 4.69) is 4.98 Å². The summed E-state index contributed by atoms with van der Waals surface area (Å²) in [6.07, 6.45) is -3.29. The standard InChI is InChI=1S/C28H20ClF5N2O4S/c29-23-13-16(5-12-22(23)27(30,31)19-8-9-19)15-36(41(39,40)20-10-6-17(7-11-20)26(37)38)25-24(28(32,33)34)21-4-2-1-3-18(21)14-35-25/h1-7,10-14,19H,8-9,15H2,(H,37,38). The molecule has 13 heteroatoms. The lowest BCUT2D eigenvalue weighted by Crippen LogP contribution is -2.33. The van der Waals surface area contributed by atoms with Gasteiger partial charge < -0.3 is 5.11 Å². The molecule has 1 fully saturated rings. The summed E-state index contributed by atoms with van der Waals surface area (Å²) in [6.45, 7) is -0.744. The second-order valence-corrected chi connectivity index (χ2v) is 11.9. The van der Waals surface area contributed by atoms with Crippen molar-refractivity contribution >= 4 is 44.2 Å². The molecule has 6 nitrogen and oxygen atoms in total. The van der Waals surface area contributed by atoms with Gasteiger partial charge in [-0.3, -0.25) is 0 Å². The molecular formula is C28H20ClF5N2O4S. The Bertz CT molecular complexity index is 1760. The van der Waals surface area contributed by atoms with Crippen LogP contribution in [0.15, 0.2) is 77.8 Å². The number of aromatic nitrogens is 1. The summed E-state index contributed by atoms with van der Waals surface area (Å²) < 4.78 is 101. The third-order valence-corrected chi connectivity index (χ3v) is 8.86. The normalized spacial score (nSPS) is 14.3. The zero-order chi connectivity index (χ0) is 29.7. The molecular weight excluding hydrogens is 591 g/mol. The first kappa shape index (κ1) is 28.7. The molecule has 0 saturated heterocycles. The van der Waals surface area contributed by atoms with Crippen molar-refractivity contribution < 1.29 is 40.3 Å². The summed E-state index contributed by atoms with van der Waals surface area (Å²) in [4.78, 5) is 14.6. The number of hydrogen-bond donors (Lipinski definition) is 1. The molecule has 1 aliphatic rings. The van der Waals surface area contributed by atoms with Gasteiger partial charge >= 0.3 is 12.1 Å². The van der Waals surface area contributed by atoms with Crippen LogP contribution in [0.5, 0.6) is 0 Å². The summed E-state index contributed by atoms with van der Waals surface area (Å²) in [5.74, 6) is -6.36. The van der Waals surface area contributed by atoms with E-state index >= 15 is 0 Å². The molecule has 214 valence electrons. The Morgan fingerprint density at radius 3 is 2.24 bits per heavy atom. The maximum Gasteiger partial charge on any atom is 0.420 e. The Morgan fingerprint density at radius 1 is 1.00 bits per heavy atom. The molecule has 1 saturated carbocycles. The maximum atomic E-state index is 14.7. The van der Waals surface area contributed by atoms with Crippen LogP contribution >= 0.6 is 11.6 Å². The molecule has 0 amide bonds. The Morgan fingerprint density at radius 2 is 1.66 bits per heavy atom. The molecule has 1 aliphatic carbocycles. The Kier molecular flexibility index (Phi) is 7.19. The van der Waals surface area contributed by atoms with Gasteiger partial charge in [-0.05, 0) is 54.1 Å². The number of anilines is 1. The lowest BCUT2D eigenvalue weighted by atomic mass is 10.0. The minimum Gasteiger partial charge on any atom is -0.478 e. The highest BCUT2D eigenvalue weighted by atomic mass is 35.5. The number of aromatic carboxylic acids is 1. The molecule has 41 heavy (non-hydrogen) atoms. The summed E-state index contributed by atoms with van der Waals surface area (Å²) in [7, 11) is -4.81. The highest BCUT2D eigenvalue weighted by Gasteiger charge is 2.49. The SMILES string of the molecule is O=C(O)c1ccc(S(=O)(=O)N(Cc2ccc(C(F)(F)C3CC3)c(Cl)c2)c2ncc3ccccc3c2C(F)(F)F)cc1. The van der Waals surface area contributed by atoms with Gasteiger partial charge in [-0.25, -0.2) is 31.3 Å². The number of alkyl halides is 5. The molecule has 4 aromatic rings. The average Bonchev–Trinajstić information content (AvgIpc) is 3.77. The second-order valence-electron chi connectivity index (χ2n) is 9.59. The molecule has 5 rings (SSSR count). The zero-order valence-electron chi connectivity index (χ0n) is 20.9. The smallest absolute Gasteiger partial charge is 0.420 e. The number of carboxylic acid groups (broad SMARTS) is 1. The number of carbonyl (C=O) groups is 1. The molecule has 0 radical (unpaired) electrons. The van der Waals surface area contributed by atoms with E-state index in [-0.39, 0.29) is 26.9 Å². The highest BCUT2D eigenvalue weighted by Crippen LogP contribution is 2.51. The molecule has 0 bridgehead atoms. The van der Waals surface area contributed by atoms with Gasteiger partial charge in [0.15, 0.2) is 5.82 Å². The molecule has 1 N–H and O–H groups in total. The Labute approximate surface area is 236 Å². The van der Waals surface area contributed by atoms with Crippen LogP contribution in [0.3, 0.4) is 0 Å². The lowest BCUT2D eigenvalue weighted by molar-refractivity contribution is -0.135. The summed E-state index contributed by atoms with van der Waals surface area (Å²) >= 11 is 6.18. The predicted octanol–water partition coefficient (Wildman–Crippen LogP) is 7.50. The molecule has 1 heterocycles. The highest BCUT2D eigenvalue weighted by molar-refractivity contribution is 7.92. The maximum absolute atomic E-state index is 14.7. The number of halogens is 6. The molecule has 0 unspecified atom stereocenters. The zero-order valence-corrected chi connectivity index (χ0v) is 22.4. The first-order valence-corrected chi connectivity index (χ1v) is 14.0. The van der Waals surface area contributed by atoms with Crippen LogP contribution < -0.4 is 4.31 Å². The third-order valence-electron chi connectivity index (χ3n) is 6.80. The van der Waals surface area contributed by atoms with E-state index in [1.54, 1.807) is 0 Å². The van der Waals surface area contributed by atoms with Crippen LogP contribution in [-0.4, -0.2) is 24.5 Å². The van der Waals surface area contributed by atoms with E-state index in [0.717, 1.165) is 42.6 Å². The van der Waals surface area contributed by atoms with Gasteiger partial charge in [0.05, 0.1) is 22.0 Å². The van der Waals surface area contributed by atoms with Gasteiger partial charge in [0, 0.05) is 23.1 Å². The van der Waals surface area contributed by atoms with Crippen molar-refractivity contribution in [1.29, 1.82) is 0 Å². The van der Waals surface area contributed by atoms with Gasteiger partial charge in [0.1, 0.15) is 5.56 Å². The summed E-state index contributed by atoms with van der Waals surface area (Å²) in [5.41, 5.74) is -1.98. The second kappa shape index (κ2) is 10.3. The van der Waals surface area contributed by atoms with Crippen molar-refractivity contribution in [1.82, 2.24) is 4.98 Å². The van der Waals surface area contributed by atoms with Gasteiger partial charge in [0.25, 0.3) is 15.9 Å². The van der Waals surface area contributed by atoms with E-state index in [9.17, 15) is 40.3 Å². The fourth-order valence-electron chi connectivity index (χ4n) is 4.55. The average molecular weight is 611 g/mol. The number of fused-ring (bicyclic) bond motifs is 1. The van der Waals surface area contributed by atoms with Gasteiger partial charge in [-0.15, -0.1) is 0 Å². The number of benzene rings is 3. The van der Waals surface area contributed by atoms with Crippen molar-refractivity contribution in [2.45, 2.75) is 36.4 Å². The Hall–Kier alpha value is -3.77. The van der Waals surface area contributed by atoms with Crippen LogP contribution in [0.4, 0.5) is 27.8 Å². The van der Waals surface area contributed by atoms with E-state index in [1.807, 2.05) is 0 Å². The quantitative estimate of drug-likeness (QED) is 0.209. The van der Waals surface area contributed by atoms with Crippen LogP contribution in [-0.2, 0) is 28.7 Å². The first-order valence-electron chi connectivity index (χ1n) is 12.2. The number of carboxylic acids is 1. The van der Waals surface area contributed by atoms with E-state index < -0.39 is 62.4 Å². The van der Waals surface area contributed by atoms with Crippen molar-refractivity contribution in [2.24, 2.45) is 5.92 Å².